The molecule has 1 atom stereocenters. The molecule has 0 saturated heterocycles. The number of hydrogen-bond donors (Lipinski definition) is 2. The van der Waals surface area contributed by atoms with E-state index in [1.807, 2.05) is 0 Å². The van der Waals surface area contributed by atoms with Crippen molar-refractivity contribution in [3.8, 4) is 0 Å². The average molecular weight is 357 g/mol. The number of thiocarbonyl (C=S) groups is 1. The van der Waals surface area contributed by atoms with E-state index in [9.17, 15) is 0 Å². The van der Waals surface area contributed by atoms with Gasteiger partial charge in [-0.25, -0.2) is 0 Å². The van der Waals surface area contributed by atoms with Crippen LogP contribution in [0.25, 0.3) is 0 Å². The van der Waals surface area contributed by atoms with Crippen LogP contribution in [0, 0.1) is 23.2 Å². The molecule has 25 heavy (non-hydrogen) atoms. The highest BCUT2D eigenvalue weighted by atomic mass is 32.1. The Morgan fingerprint density at radius 2 is 1.68 bits per heavy atom. The van der Waals surface area contributed by atoms with Crippen molar-refractivity contribution < 1.29 is 0 Å². The van der Waals surface area contributed by atoms with Crippen molar-refractivity contribution in [2.75, 3.05) is 6.54 Å². The monoisotopic (exact) mass is 356 g/mol. The summed E-state index contributed by atoms with van der Waals surface area (Å²) in [6.07, 6.45) is 11.1. The fourth-order valence-corrected chi connectivity index (χ4v) is 6.71. The predicted octanol–water partition coefficient (Wildman–Crippen LogP) is 4.69. The topological polar surface area (TPSA) is 24.1 Å². The molecule has 4 aliphatic rings. The molecule has 0 spiro atoms. The van der Waals surface area contributed by atoms with Crippen LogP contribution in [0.3, 0.4) is 0 Å². The predicted molar refractivity (Wildman–Crippen MR) is 109 cm³/mol. The Hall–Kier alpha value is -1.09. The third-order valence-electron chi connectivity index (χ3n) is 7.08. The first-order valence-electron chi connectivity index (χ1n) is 10.2. The molecule has 1 aromatic carbocycles. The van der Waals surface area contributed by atoms with Gasteiger partial charge in [-0.3, -0.25) is 0 Å². The molecule has 1 unspecified atom stereocenters. The lowest BCUT2D eigenvalue weighted by Gasteiger charge is -2.59. The van der Waals surface area contributed by atoms with Gasteiger partial charge in [0.15, 0.2) is 5.11 Å². The van der Waals surface area contributed by atoms with E-state index in [0.29, 0.717) is 11.5 Å². The molecule has 0 amide bonds. The Labute approximate surface area is 158 Å². The van der Waals surface area contributed by atoms with E-state index in [4.69, 9.17) is 12.2 Å². The van der Waals surface area contributed by atoms with Crippen molar-refractivity contribution >= 4 is 17.3 Å². The summed E-state index contributed by atoms with van der Waals surface area (Å²) >= 11 is 5.64. The highest BCUT2D eigenvalue weighted by Gasteiger charge is 2.53. The molecule has 4 aliphatic carbocycles. The minimum absolute atomic E-state index is 0.522. The maximum absolute atomic E-state index is 5.64. The smallest absolute Gasteiger partial charge is 0.166 e. The van der Waals surface area contributed by atoms with E-state index >= 15 is 0 Å². The minimum Gasteiger partial charge on any atom is -0.362 e. The molecule has 136 valence electrons. The summed E-state index contributed by atoms with van der Waals surface area (Å²) in [6, 6.07) is 11.2. The van der Waals surface area contributed by atoms with Crippen molar-refractivity contribution in [1.82, 2.24) is 10.6 Å². The zero-order valence-corrected chi connectivity index (χ0v) is 16.3. The Morgan fingerprint density at radius 3 is 2.24 bits per heavy atom. The Morgan fingerprint density at radius 1 is 1.08 bits per heavy atom. The van der Waals surface area contributed by atoms with Crippen molar-refractivity contribution in [2.45, 2.75) is 64.3 Å². The number of rotatable bonds is 6. The summed E-state index contributed by atoms with van der Waals surface area (Å²) in [6.45, 7) is 3.25. The van der Waals surface area contributed by atoms with Crippen LogP contribution in [0.15, 0.2) is 30.3 Å². The lowest BCUT2D eigenvalue weighted by molar-refractivity contribution is -0.0711. The first-order chi connectivity index (χ1) is 12.2. The van der Waals surface area contributed by atoms with Gasteiger partial charge in [0.2, 0.25) is 0 Å². The zero-order chi connectivity index (χ0) is 17.3. The fraction of sp³-hybridized carbons (Fsp3) is 0.682. The van der Waals surface area contributed by atoms with Crippen LogP contribution in [0.4, 0.5) is 0 Å². The summed E-state index contributed by atoms with van der Waals surface area (Å²) in [5.74, 6) is 3.00. The van der Waals surface area contributed by atoms with Crippen LogP contribution in [0.1, 0.15) is 57.4 Å². The molecule has 5 rings (SSSR count). The Bertz CT molecular complexity index is 562. The molecule has 1 aromatic rings. The summed E-state index contributed by atoms with van der Waals surface area (Å²) in [5, 5.41) is 8.04. The normalized spacial score (nSPS) is 33.9. The molecule has 0 aromatic heterocycles. The lowest BCUT2D eigenvalue weighted by atomic mass is 9.47. The van der Waals surface area contributed by atoms with Crippen molar-refractivity contribution in [1.29, 1.82) is 0 Å². The molecule has 0 heterocycles. The third kappa shape index (κ3) is 3.72. The number of hydrogen-bond acceptors (Lipinski definition) is 1. The largest absolute Gasteiger partial charge is 0.362 e. The van der Waals surface area contributed by atoms with Gasteiger partial charge in [-0.2, -0.15) is 0 Å². The van der Waals surface area contributed by atoms with Crippen molar-refractivity contribution in [3.63, 3.8) is 0 Å². The van der Waals surface area contributed by atoms with Gasteiger partial charge in [-0.1, -0.05) is 37.3 Å². The standard InChI is InChI=1S/C22H32N2S/c1-2-20(22-13-17-10-18(14-22)12-19(11-17)15-22)24-21(25)23-9-8-16-6-4-3-5-7-16/h3-7,17-20H,2,8-15H2,1H3,(H2,23,24,25). The SMILES string of the molecule is CCC(NC(=S)NCCc1ccccc1)C12CC3CC(CC(C3)C1)C2. The maximum atomic E-state index is 5.64. The molecule has 0 aliphatic heterocycles. The first-order valence-corrected chi connectivity index (χ1v) is 10.7. The quantitative estimate of drug-likeness (QED) is 0.723. The summed E-state index contributed by atoms with van der Waals surface area (Å²) in [7, 11) is 0. The molecule has 4 fully saturated rings. The lowest BCUT2D eigenvalue weighted by Crippen LogP contribution is -2.58. The van der Waals surface area contributed by atoms with E-state index in [1.54, 1.807) is 0 Å². The number of benzene rings is 1. The van der Waals surface area contributed by atoms with Gasteiger partial charge in [-0.05, 0) is 92.3 Å². The zero-order valence-electron chi connectivity index (χ0n) is 15.5. The molecule has 3 heteroatoms. The maximum Gasteiger partial charge on any atom is 0.166 e. The van der Waals surface area contributed by atoms with Gasteiger partial charge >= 0.3 is 0 Å². The molecule has 2 N–H and O–H groups in total. The summed E-state index contributed by atoms with van der Waals surface area (Å²) in [5.41, 5.74) is 1.89. The fourth-order valence-electron chi connectivity index (χ4n) is 6.47. The van der Waals surface area contributed by atoms with Gasteiger partial charge in [0.1, 0.15) is 0 Å². The van der Waals surface area contributed by atoms with Crippen LogP contribution in [-0.4, -0.2) is 17.7 Å². The Kier molecular flexibility index (Phi) is 5.04. The molecule has 2 nitrogen and oxygen atoms in total. The summed E-state index contributed by atoms with van der Waals surface area (Å²) < 4.78 is 0. The summed E-state index contributed by atoms with van der Waals surface area (Å²) in [4.78, 5) is 0. The third-order valence-corrected chi connectivity index (χ3v) is 7.34. The van der Waals surface area contributed by atoms with E-state index < -0.39 is 0 Å². The number of nitrogens with one attached hydrogen (secondary N) is 2. The van der Waals surface area contributed by atoms with Crippen LogP contribution < -0.4 is 10.6 Å². The second kappa shape index (κ2) is 7.26. The molecular weight excluding hydrogens is 324 g/mol. The molecular formula is C22H32N2S. The van der Waals surface area contributed by atoms with E-state index in [2.05, 4.69) is 47.9 Å². The van der Waals surface area contributed by atoms with Crippen LogP contribution in [0.5, 0.6) is 0 Å². The van der Waals surface area contributed by atoms with Gasteiger partial charge in [0.05, 0.1) is 0 Å². The van der Waals surface area contributed by atoms with Gasteiger partial charge in [-0.15, -0.1) is 0 Å². The van der Waals surface area contributed by atoms with Gasteiger partial charge in [0.25, 0.3) is 0 Å². The van der Waals surface area contributed by atoms with Gasteiger partial charge < -0.3 is 10.6 Å². The van der Waals surface area contributed by atoms with Crippen molar-refractivity contribution in [2.24, 2.45) is 23.2 Å². The first kappa shape index (κ1) is 17.3. The highest BCUT2D eigenvalue weighted by molar-refractivity contribution is 7.80. The van der Waals surface area contributed by atoms with E-state index in [-0.39, 0.29) is 0 Å². The van der Waals surface area contributed by atoms with Crippen LogP contribution >= 0.6 is 12.2 Å². The second-order valence-corrected chi connectivity index (χ2v) is 9.28. The van der Waals surface area contributed by atoms with Crippen LogP contribution in [-0.2, 0) is 6.42 Å². The van der Waals surface area contributed by atoms with E-state index in [1.165, 1.54) is 50.5 Å². The molecule has 4 bridgehead atoms. The van der Waals surface area contributed by atoms with Crippen LogP contribution in [0.2, 0.25) is 0 Å². The minimum atomic E-state index is 0.522. The highest BCUT2D eigenvalue weighted by Crippen LogP contribution is 2.61. The molecule has 4 saturated carbocycles. The second-order valence-electron chi connectivity index (χ2n) is 8.88. The molecule has 0 radical (unpaired) electrons. The Balaban J connectivity index is 1.32. The van der Waals surface area contributed by atoms with Gasteiger partial charge in [0, 0.05) is 12.6 Å². The average Bonchev–Trinajstić information content (AvgIpc) is 2.59. The van der Waals surface area contributed by atoms with Crippen molar-refractivity contribution in [3.05, 3.63) is 35.9 Å². The van der Waals surface area contributed by atoms with E-state index in [0.717, 1.165) is 35.8 Å².